The third kappa shape index (κ3) is 1.94. The third-order valence-electron chi connectivity index (χ3n) is 2.93. The Morgan fingerprint density at radius 3 is 2.69 bits per heavy atom. The number of aliphatic hydroxyl groups excluding tert-OH is 1. The Hall–Kier alpha value is -0.760. The van der Waals surface area contributed by atoms with Gasteiger partial charge in [-0.2, -0.15) is 0 Å². The summed E-state index contributed by atoms with van der Waals surface area (Å²) in [5, 5.41) is 9.94. The number of hydrogen-bond acceptors (Lipinski definition) is 2. The average Bonchev–Trinajstić information content (AvgIpc) is 2.71. The van der Waals surface area contributed by atoms with Crippen molar-refractivity contribution in [2.45, 2.75) is 38.2 Å². The topological polar surface area (TPSA) is 33.4 Å². The Morgan fingerprint density at radius 2 is 2.08 bits per heavy atom. The van der Waals surface area contributed by atoms with Crippen molar-refractivity contribution in [1.29, 1.82) is 0 Å². The van der Waals surface area contributed by atoms with Gasteiger partial charge in [0, 0.05) is 0 Å². The molecule has 1 aliphatic rings. The van der Waals surface area contributed by atoms with Gasteiger partial charge in [-0.25, -0.2) is 0 Å². The molecule has 1 aromatic rings. The van der Waals surface area contributed by atoms with E-state index in [1.165, 1.54) is 19.3 Å². The first kappa shape index (κ1) is 8.82. The highest BCUT2D eigenvalue weighted by Crippen LogP contribution is 2.34. The number of hydrogen-bond donors (Lipinski definition) is 1. The highest BCUT2D eigenvalue weighted by Gasteiger charge is 2.24. The minimum atomic E-state index is -0.379. The summed E-state index contributed by atoms with van der Waals surface area (Å²) < 4.78 is 5.20. The lowest BCUT2D eigenvalue weighted by Gasteiger charge is -2.25. The van der Waals surface area contributed by atoms with E-state index in [-0.39, 0.29) is 6.10 Å². The van der Waals surface area contributed by atoms with Gasteiger partial charge < -0.3 is 9.52 Å². The second-order valence-corrected chi connectivity index (χ2v) is 3.86. The maximum absolute atomic E-state index is 9.94. The van der Waals surface area contributed by atoms with Gasteiger partial charge in [-0.1, -0.05) is 19.3 Å². The van der Waals surface area contributed by atoms with Crippen molar-refractivity contribution < 1.29 is 9.52 Å². The first-order chi connectivity index (χ1) is 6.38. The van der Waals surface area contributed by atoms with Crippen molar-refractivity contribution >= 4 is 0 Å². The van der Waals surface area contributed by atoms with Crippen LogP contribution in [0.25, 0.3) is 0 Å². The summed E-state index contributed by atoms with van der Waals surface area (Å²) in [7, 11) is 0. The smallest absolute Gasteiger partial charge is 0.132 e. The Morgan fingerprint density at radius 1 is 1.31 bits per heavy atom. The fraction of sp³-hybridized carbons (Fsp3) is 0.636. The standard InChI is InChI=1S/C11H16O2/c12-11(10-7-4-8-13-10)9-5-2-1-3-6-9/h4,7-9,11-12H,1-3,5-6H2/t11-/m0/s1. The molecule has 0 aliphatic heterocycles. The van der Waals surface area contributed by atoms with Crippen molar-refractivity contribution in [3.63, 3.8) is 0 Å². The molecule has 2 heteroatoms. The largest absolute Gasteiger partial charge is 0.467 e. The van der Waals surface area contributed by atoms with Crippen LogP contribution in [0.4, 0.5) is 0 Å². The molecule has 0 bridgehead atoms. The molecular formula is C11H16O2. The molecule has 1 aliphatic carbocycles. The minimum Gasteiger partial charge on any atom is -0.467 e. The highest BCUT2D eigenvalue weighted by molar-refractivity contribution is 5.03. The average molecular weight is 180 g/mol. The maximum atomic E-state index is 9.94. The van der Waals surface area contributed by atoms with E-state index in [4.69, 9.17) is 4.42 Å². The molecule has 1 atom stereocenters. The molecule has 13 heavy (non-hydrogen) atoms. The van der Waals surface area contributed by atoms with Gasteiger partial charge in [0.15, 0.2) is 0 Å². The van der Waals surface area contributed by atoms with Crippen molar-refractivity contribution in [2.75, 3.05) is 0 Å². The molecular weight excluding hydrogens is 164 g/mol. The van der Waals surface area contributed by atoms with Crippen molar-refractivity contribution in [3.05, 3.63) is 24.2 Å². The quantitative estimate of drug-likeness (QED) is 0.759. The van der Waals surface area contributed by atoms with Crippen LogP contribution in [-0.4, -0.2) is 5.11 Å². The fourth-order valence-electron chi connectivity index (χ4n) is 2.14. The molecule has 2 nitrogen and oxygen atoms in total. The van der Waals surface area contributed by atoms with E-state index in [2.05, 4.69) is 0 Å². The second kappa shape index (κ2) is 3.97. The zero-order valence-electron chi connectivity index (χ0n) is 7.78. The maximum Gasteiger partial charge on any atom is 0.132 e. The van der Waals surface area contributed by atoms with Crippen LogP contribution >= 0.6 is 0 Å². The van der Waals surface area contributed by atoms with Gasteiger partial charge in [0.25, 0.3) is 0 Å². The first-order valence-corrected chi connectivity index (χ1v) is 5.09. The van der Waals surface area contributed by atoms with Crippen LogP contribution in [0.2, 0.25) is 0 Å². The van der Waals surface area contributed by atoms with Crippen LogP contribution in [-0.2, 0) is 0 Å². The molecule has 2 rings (SSSR count). The van der Waals surface area contributed by atoms with Gasteiger partial charge in [-0.3, -0.25) is 0 Å². The summed E-state index contributed by atoms with van der Waals surface area (Å²) >= 11 is 0. The Kier molecular flexibility index (Phi) is 2.69. The summed E-state index contributed by atoms with van der Waals surface area (Å²) in [6, 6.07) is 3.70. The zero-order chi connectivity index (χ0) is 9.10. The molecule has 0 spiro atoms. The number of aliphatic hydroxyl groups is 1. The number of furan rings is 1. The minimum absolute atomic E-state index is 0.379. The lowest BCUT2D eigenvalue weighted by molar-refractivity contribution is 0.0654. The summed E-state index contributed by atoms with van der Waals surface area (Å²) in [5.74, 6) is 1.15. The molecule has 0 aromatic carbocycles. The van der Waals surface area contributed by atoms with Gasteiger partial charge in [-0.15, -0.1) is 0 Å². The van der Waals surface area contributed by atoms with Gasteiger partial charge in [-0.05, 0) is 30.9 Å². The van der Waals surface area contributed by atoms with Crippen LogP contribution in [0.3, 0.4) is 0 Å². The molecule has 1 heterocycles. The monoisotopic (exact) mass is 180 g/mol. The predicted molar refractivity (Wildman–Crippen MR) is 50.2 cm³/mol. The van der Waals surface area contributed by atoms with Crippen LogP contribution in [0, 0.1) is 5.92 Å². The van der Waals surface area contributed by atoms with E-state index in [0.717, 1.165) is 18.6 Å². The molecule has 0 amide bonds. The van der Waals surface area contributed by atoms with E-state index < -0.39 is 0 Å². The van der Waals surface area contributed by atoms with Crippen molar-refractivity contribution in [2.24, 2.45) is 5.92 Å². The molecule has 0 radical (unpaired) electrons. The van der Waals surface area contributed by atoms with Gasteiger partial charge >= 0.3 is 0 Å². The van der Waals surface area contributed by atoms with Gasteiger partial charge in [0.05, 0.1) is 6.26 Å². The lowest BCUT2D eigenvalue weighted by Crippen LogP contribution is -2.15. The normalized spacial score (nSPS) is 21.6. The molecule has 1 N–H and O–H groups in total. The SMILES string of the molecule is O[C@H](c1ccco1)C1CCCCC1. The Bertz CT molecular complexity index is 235. The van der Waals surface area contributed by atoms with Crippen molar-refractivity contribution in [1.82, 2.24) is 0 Å². The number of rotatable bonds is 2. The van der Waals surface area contributed by atoms with Crippen LogP contribution < -0.4 is 0 Å². The second-order valence-electron chi connectivity index (χ2n) is 3.86. The van der Waals surface area contributed by atoms with Crippen LogP contribution in [0.15, 0.2) is 22.8 Å². The first-order valence-electron chi connectivity index (χ1n) is 5.09. The molecule has 1 aromatic heterocycles. The van der Waals surface area contributed by atoms with Crippen LogP contribution in [0.1, 0.15) is 44.0 Å². The summed E-state index contributed by atoms with van der Waals surface area (Å²) in [6.07, 6.45) is 7.35. The van der Waals surface area contributed by atoms with Gasteiger partial charge in [0.2, 0.25) is 0 Å². The summed E-state index contributed by atoms with van der Waals surface area (Å²) in [5.41, 5.74) is 0. The highest BCUT2D eigenvalue weighted by atomic mass is 16.4. The lowest BCUT2D eigenvalue weighted by atomic mass is 9.84. The van der Waals surface area contributed by atoms with E-state index >= 15 is 0 Å². The van der Waals surface area contributed by atoms with E-state index in [0.29, 0.717) is 5.92 Å². The molecule has 72 valence electrons. The predicted octanol–water partition coefficient (Wildman–Crippen LogP) is 2.89. The van der Waals surface area contributed by atoms with Crippen molar-refractivity contribution in [3.8, 4) is 0 Å². The summed E-state index contributed by atoms with van der Waals surface area (Å²) in [6.45, 7) is 0. The third-order valence-corrected chi connectivity index (χ3v) is 2.93. The van der Waals surface area contributed by atoms with E-state index in [1.54, 1.807) is 6.26 Å². The Labute approximate surface area is 78.6 Å². The van der Waals surface area contributed by atoms with Crippen LogP contribution in [0.5, 0.6) is 0 Å². The zero-order valence-corrected chi connectivity index (χ0v) is 7.78. The fourth-order valence-corrected chi connectivity index (χ4v) is 2.14. The molecule has 1 fully saturated rings. The Balaban J connectivity index is 1.99. The molecule has 0 unspecified atom stereocenters. The molecule has 1 saturated carbocycles. The van der Waals surface area contributed by atoms with E-state index in [1.807, 2.05) is 12.1 Å². The summed E-state index contributed by atoms with van der Waals surface area (Å²) in [4.78, 5) is 0. The molecule has 0 saturated heterocycles. The van der Waals surface area contributed by atoms with E-state index in [9.17, 15) is 5.11 Å². The van der Waals surface area contributed by atoms with Gasteiger partial charge in [0.1, 0.15) is 11.9 Å².